The minimum atomic E-state index is -4.71. The predicted molar refractivity (Wildman–Crippen MR) is 58.1 cm³/mol. The molecule has 0 unspecified atom stereocenters. The lowest BCUT2D eigenvalue weighted by molar-refractivity contribution is -0.274. The monoisotopic (exact) mass is 259 g/mol. The molecule has 1 aliphatic heterocycles. The highest BCUT2D eigenvalue weighted by atomic mass is 19.4. The third kappa shape index (κ3) is 2.42. The molecule has 0 saturated carbocycles. The number of alkyl halides is 3. The van der Waals surface area contributed by atoms with Gasteiger partial charge in [0.15, 0.2) is 0 Å². The van der Waals surface area contributed by atoms with Crippen molar-refractivity contribution in [3.63, 3.8) is 0 Å². The Hall–Kier alpha value is -1.72. The fourth-order valence-corrected chi connectivity index (χ4v) is 1.93. The SMILES string of the molecule is CC(C)N1Cc2cc(OC(F)(F)F)ccc2C1=O. The van der Waals surface area contributed by atoms with Gasteiger partial charge in [0.1, 0.15) is 5.75 Å². The van der Waals surface area contributed by atoms with Gasteiger partial charge in [0.05, 0.1) is 0 Å². The molecule has 1 amide bonds. The summed E-state index contributed by atoms with van der Waals surface area (Å²) in [6.45, 7) is 4.04. The van der Waals surface area contributed by atoms with Gasteiger partial charge >= 0.3 is 6.36 Å². The second-order valence-electron chi connectivity index (χ2n) is 4.39. The molecule has 1 aliphatic rings. The van der Waals surface area contributed by atoms with E-state index in [2.05, 4.69) is 4.74 Å². The average Bonchev–Trinajstić information content (AvgIpc) is 2.53. The zero-order chi connectivity index (χ0) is 13.5. The smallest absolute Gasteiger partial charge is 0.406 e. The molecule has 0 saturated heterocycles. The topological polar surface area (TPSA) is 29.5 Å². The Balaban J connectivity index is 2.27. The van der Waals surface area contributed by atoms with E-state index >= 15 is 0 Å². The predicted octanol–water partition coefficient (Wildman–Crippen LogP) is 2.95. The second-order valence-corrected chi connectivity index (χ2v) is 4.39. The summed E-state index contributed by atoms with van der Waals surface area (Å²) >= 11 is 0. The van der Waals surface area contributed by atoms with Gasteiger partial charge in [0, 0.05) is 18.2 Å². The average molecular weight is 259 g/mol. The van der Waals surface area contributed by atoms with Crippen molar-refractivity contribution in [2.24, 2.45) is 0 Å². The molecule has 0 aliphatic carbocycles. The number of carbonyl (C=O) groups is 1. The molecule has 1 heterocycles. The van der Waals surface area contributed by atoms with E-state index in [1.807, 2.05) is 13.8 Å². The van der Waals surface area contributed by atoms with Crippen LogP contribution in [0.1, 0.15) is 29.8 Å². The van der Waals surface area contributed by atoms with E-state index in [-0.39, 0.29) is 17.7 Å². The van der Waals surface area contributed by atoms with Gasteiger partial charge in [-0.25, -0.2) is 0 Å². The summed E-state index contributed by atoms with van der Waals surface area (Å²) in [6, 6.07) is 3.81. The fourth-order valence-electron chi connectivity index (χ4n) is 1.93. The minimum Gasteiger partial charge on any atom is -0.406 e. The number of rotatable bonds is 2. The minimum absolute atomic E-state index is 0.0110. The first-order valence-electron chi connectivity index (χ1n) is 5.47. The van der Waals surface area contributed by atoms with Crippen LogP contribution < -0.4 is 4.74 Å². The summed E-state index contributed by atoms with van der Waals surface area (Å²) < 4.78 is 40.1. The molecule has 0 N–H and O–H groups in total. The summed E-state index contributed by atoms with van der Waals surface area (Å²) in [4.78, 5) is 13.5. The highest BCUT2D eigenvalue weighted by Gasteiger charge is 2.33. The normalized spacial score (nSPS) is 15.2. The molecule has 1 aromatic carbocycles. The number of carbonyl (C=O) groups excluding carboxylic acids is 1. The number of amides is 1. The molecule has 2 rings (SSSR count). The number of benzene rings is 1. The van der Waals surface area contributed by atoms with Crippen molar-refractivity contribution in [2.45, 2.75) is 32.8 Å². The van der Waals surface area contributed by atoms with Crippen molar-refractivity contribution in [1.82, 2.24) is 4.90 Å². The highest BCUT2D eigenvalue weighted by Crippen LogP contribution is 2.30. The Labute approximate surface area is 102 Å². The first-order valence-corrected chi connectivity index (χ1v) is 5.47. The number of hydrogen-bond donors (Lipinski definition) is 0. The maximum absolute atomic E-state index is 12.1. The number of fused-ring (bicyclic) bond motifs is 1. The lowest BCUT2D eigenvalue weighted by Crippen LogP contribution is -2.30. The van der Waals surface area contributed by atoms with Crippen molar-refractivity contribution in [3.8, 4) is 5.75 Å². The summed E-state index contributed by atoms with van der Waals surface area (Å²) in [7, 11) is 0. The molecule has 0 radical (unpaired) electrons. The third-order valence-corrected chi connectivity index (χ3v) is 2.77. The molecule has 1 aromatic rings. The maximum atomic E-state index is 12.1. The molecular weight excluding hydrogens is 247 g/mol. The molecule has 0 spiro atoms. The van der Waals surface area contributed by atoms with E-state index in [1.165, 1.54) is 12.1 Å². The molecule has 18 heavy (non-hydrogen) atoms. The lowest BCUT2D eigenvalue weighted by Gasteiger charge is -2.19. The van der Waals surface area contributed by atoms with Crippen LogP contribution >= 0.6 is 0 Å². The first kappa shape index (κ1) is 12.7. The molecule has 3 nitrogen and oxygen atoms in total. The molecule has 0 bridgehead atoms. The highest BCUT2D eigenvalue weighted by molar-refractivity contribution is 5.98. The Morgan fingerprint density at radius 3 is 2.56 bits per heavy atom. The Morgan fingerprint density at radius 2 is 2.00 bits per heavy atom. The zero-order valence-corrected chi connectivity index (χ0v) is 9.91. The van der Waals surface area contributed by atoms with Crippen molar-refractivity contribution in [3.05, 3.63) is 29.3 Å². The summed E-state index contributed by atoms with van der Waals surface area (Å²) in [6.07, 6.45) is -4.71. The quantitative estimate of drug-likeness (QED) is 0.817. The van der Waals surface area contributed by atoms with Crippen LogP contribution in [0.2, 0.25) is 0 Å². The van der Waals surface area contributed by atoms with Crippen LogP contribution in [-0.2, 0) is 6.54 Å². The molecular formula is C12H12F3NO2. The van der Waals surface area contributed by atoms with Crippen molar-refractivity contribution >= 4 is 5.91 Å². The van der Waals surface area contributed by atoms with Crippen molar-refractivity contribution < 1.29 is 22.7 Å². The van der Waals surface area contributed by atoms with Crippen LogP contribution in [0.5, 0.6) is 5.75 Å². The van der Waals surface area contributed by atoms with Gasteiger partial charge in [-0.05, 0) is 37.6 Å². The standard InChI is InChI=1S/C12H12F3NO2/c1-7(2)16-6-8-5-9(18-12(13,14)15)3-4-10(8)11(16)17/h3-5,7H,6H2,1-2H3. The van der Waals surface area contributed by atoms with Crippen LogP contribution in [0.3, 0.4) is 0 Å². The summed E-state index contributed by atoms with van der Waals surface area (Å²) in [5, 5.41) is 0. The van der Waals surface area contributed by atoms with E-state index in [9.17, 15) is 18.0 Å². The summed E-state index contributed by atoms with van der Waals surface area (Å²) in [5.41, 5.74) is 1.01. The largest absolute Gasteiger partial charge is 0.573 e. The van der Waals surface area contributed by atoms with E-state index in [0.29, 0.717) is 17.7 Å². The molecule has 0 aromatic heterocycles. The number of hydrogen-bond acceptors (Lipinski definition) is 2. The summed E-state index contributed by atoms with van der Waals surface area (Å²) in [5.74, 6) is -0.446. The van der Waals surface area contributed by atoms with Crippen LogP contribution in [0.25, 0.3) is 0 Å². The van der Waals surface area contributed by atoms with Crippen LogP contribution in [0.15, 0.2) is 18.2 Å². The Morgan fingerprint density at radius 1 is 1.33 bits per heavy atom. The van der Waals surface area contributed by atoms with E-state index in [1.54, 1.807) is 4.90 Å². The van der Waals surface area contributed by atoms with Crippen LogP contribution in [0.4, 0.5) is 13.2 Å². The number of nitrogens with zero attached hydrogens (tertiary/aromatic N) is 1. The van der Waals surface area contributed by atoms with Gasteiger partial charge in [-0.2, -0.15) is 0 Å². The second kappa shape index (κ2) is 4.19. The molecule has 98 valence electrons. The molecule has 0 atom stereocenters. The van der Waals surface area contributed by atoms with Gasteiger partial charge in [0.25, 0.3) is 5.91 Å². The van der Waals surface area contributed by atoms with Crippen molar-refractivity contribution in [2.75, 3.05) is 0 Å². The van der Waals surface area contributed by atoms with Gasteiger partial charge in [0.2, 0.25) is 0 Å². The number of ether oxygens (including phenoxy) is 1. The lowest BCUT2D eigenvalue weighted by atomic mass is 10.1. The maximum Gasteiger partial charge on any atom is 0.573 e. The Bertz CT molecular complexity index is 483. The van der Waals surface area contributed by atoms with Gasteiger partial charge in [-0.1, -0.05) is 0 Å². The van der Waals surface area contributed by atoms with E-state index in [4.69, 9.17) is 0 Å². The van der Waals surface area contributed by atoms with Gasteiger partial charge in [-0.15, -0.1) is 13.2 Å². The molecule has 6 heteroatoms. The fraction of sp³-hybridized carbons (Fsp3) is 0.417. The van der Waals surface area contributed by atoms with E-state index in [0.717, 1.165) is 6.07 Å². The Kier molecular flexibility index (Phi) is 2.96. The van der Waals surface area contributed by atoms with Gasteiger partial charge < -0.3 is 9.64 Å². The van der Waals surface area contributed by atoms with Crippen LogP contribution in [-0.4, -0.2) is 23.2 Å². The van der Waals surface area contributed by atoms with Gasteiger partial charge in [-0.3, -0.25) is 4.79 Å². The number of halogens is 3. The zero-order valence-electron chi connectivity index (χ0n) is 9.91. The molecule has 0 fully saturated rings. The third-order valence-electron chi connectivity index (χ3n) is 2.77. The van der Waals surface area contributed by atoms with E-state index < -0.39 is 6.36 Å². The first-order chi connectivity index (χ1) is 8.28. The van der Waals surface area contributed by atoms with Crippen molar-refractivity contribution in [1.29, 1.82) is 0 Å². The van der Waals surface area contributed by atoms with Crippen LogP contribution in [0, 0.1) is 0 Å².